The summed E-state index contributed by atoms with van der Waals surface area (Å²) < 4.78 is 11.6. The van der Waals surface area contributed by atoms with E-state index in [1.54, 1.807) is 11.3 Å². The fourth-order valence-corrected chi connectivity index (χ4v) is 4.98. The largest absolute Gasteiger partial charge is 0.376 e. The number of benzene rings is 1. The molecule has 1 fully saturated rings. The Bertz CT molecular complexity index is 1060. The maximum absolute atomic E-state index is 5.86. The smallest absolute Gasteiger partial charge is 0.258 e. The van der Waals surface area contributed by atoms with Crippen molar-refractivity contribution in [2.24, 2.45) is 0 Å². The van der Waals surface area contributed by atoms with Crippen molar-refractivity contribution < 1.29 is 9.26 Å². The highest BCUT2D eigenvalue weighted by Crippen LogP contribution is 2.38. The number of rotatable bonds is 5. The van der Waals surface area contributed by atoms with Gasteiger partial charge in [-0.15, -0.1) is 11.3 Å². The van der Waals surface area contributed by atoms with E-state index in [0.717, 1.165) is 41.2 Å². The molecule has 2 unspecified atom stereocenters. The summed E-state index contributed by atoms with van der Waals surface area (Å²) in [6, 6.07) is 14.0. The number of nitrogens with zero attached hydrogens (tertiary/aromatic N) is 3. The molecule has 2 aliphatic heterocycles. The van der Waals surface area contributed by atoms with E-state index in [4.69, 9.17) is 26.5 Å². The van der Waals surface area contributed by atoms with Crippen molar-refractivity contribution in [3.8, 4) is 10.7 Å². The Morgan fingerprint density at radius 3 is 2.83 bits per heavy atom. The van der Waals surface area contributed by atoms with Crippen LogP contribution >= 0.6 is 23.6 Å². The number of aromatic nitrogens is 2. The summed E-state index contributed by atoms with van der Waals surface area (Å²) in [5, 5.41) is 10.4. The summed E-state index contributed by atoms with van der Waals surface area (Å²) in [6.07, 6.45) is 2.32. The van der Waals surface area contributed by atoms with Gasteiger partial charge >= 0.3 is 0 Å². The van der Waals surface area contributed by atoms with Crippen molar-refractivity contribution in [1.82, 2.24) is 20.4 Å². The minimum absolute atomic E-state index is 0.156. The SMILES string of the molecule is CC1=C(c2nc(-c3cccs3)no2)C(c2ccccc2)NC(=S)N1CC1CCCO1. The molecule has 0 bridgehead atoms. The van der Waals surface area contributed by atoms with Crippen LogP contribution in [0.15, 0.2) is 58.1 Å². The lowest BCUT2D eigenvalue weighted by atomic mass is 9.94. The Labute approximate surface area is 184 Å². The molecule has 1 aromatic carbocycles. The zero-order chi connectivity index (χ0) is 20.5. The maximum atomic E-state index is 5.86. The molecule has 6 nitrogen and oxygen atoms in total. The second-order valence-corrected chi connectivity index (χ2v) is 8.77. The van der Waals surface area contributed by atoms with E-state index in [1.807, 2.05) is 35.7 Å². The topological polar surface area (TPSA) is 63.4 Å². The van der Waals surface area contributed by atoms with E-state index in [0.29, 0.717) is 23.4 Å². The Balaban J connectivity index is 1.57. The fraction of sp³-hybridized carbons (Fsp3) is 0.318. The highest BCUT2D eigenvalue weighted by atomic mass is 32.1. The van der Waals surface area contributed by atoms with E-state index in [9.17, 15) is 0 Å². The lowest BCUT2D eigenvalue weighted by molar-refractivity contribution is 0.0962. The molecule has 4 heterocycles. The molecule has 1 N–H and O–H groups in total. The van der Waals surface area contributed by atoms with E-state index >= 15 is 0 Å². The highest BCUT2D eigenvalue weighted by molar-refractivity contribution is 7.80. The highest BCUT2D eigenvalue weighted by Gasteiger charge is 2.35. The van der Waals surface area contributed by atoms with E-state index in [1.165, 1.54) is 0 Å². The predicted octanol–water partition coefficient (Wildman–Crippen LogP) is 4.64. The first-order valence-corrected chi connectivity index (χ1v) is 11.3. The summed E-state index contributed by atoms with van der Waals surface area (Å²) in [5.41, 5.74) is 3.06. The summed E-state index contributed by atoms with van der Waals surface area (Å²) in [4.78, 5) is 7.82. The van der Waals surface area contributed by atoms with E-state index in [2.05, 4.69) is 34.4 Å². The Morgan fingerprint density at radius 1 is 1.23 bits per heavy atom. The Hall–Kier alpha value is -2.55. The molecular formula is C22H22N4O2S2. The van der Waals surface area contributed by atoms with E-state index in [-0.39, 0.29) is 12.1 Å². The van der Waals surface area contributed by atoms with Gasteiger partial charge in [0.05, 0.1) is 29.1 Å². The van der Waals surface area contributed by atoms with Gasteiger partial charge in [0, 0.05) is 12.3 Å². The van der Waals surface area contributed by atoms with Crippen LogP contribution in [0.25, 0.3) is 16.3 Å². The van der Waals surface area contributed by atoms with Crippen LogP contribution in [0, 0.1) is 0 Å². The van der Waals surface area contributed by atoms with Crippen LogP contribution in [0.1, 0.15) is 37.3 Å². The van der Waals surface area contributed by atoms with E-state index < -0.39 is 0 Å². The first-order chi connectivity index (χ1) is 14.7. The molecule has 5 rings (SSSR count). The molecule has 8 heteroatoms. The van der Waals surface area contributed by atoms with Gasteiger partial charge in [-0.1, -0.05) is 41.6 Å². The lowest BCUT2D eigenvalue weighted by Gasteiger charge is -2.38. The number of thiophene rings is 1. The van der Waals surface area contributed by atoms with Crippen molar-refractivity contribution in [2.45, 2.75) is 31.9 Å². The van der Waals surface area contributed by atoms with Crippen molar-refractivity contribution >= 4 is 34.2 Å². The third-order valence-electron chi connectivity index (χ3n) is 5.54. The molecule has 0 saturated carbocycles. The fourth-order valence-electron chi connectivity index (χ4n) is 4.00. The van der Waals surface area contributed by atoms with Crippen LogP contribution in [0.4, 0.5) is 0 Å². The first kappa shape index (κ1) is 19.4. The molecule has 1 saturated heterocycles. The van der Waals surface area contributed by atoms with Gasteiger partial charge < -0.3 is 19.5 Å². The number of allylic oxidation sites excluding steroid dienone is 1. The summed E-state index contributed by atoms with van der Waals surface area (Å²) in [5.74, 6) is 1.11. The second kappa shape index (κ2) is 8.29. The average Bonchev–Trinajstić information content (AvgIpc) is 3.54. The summed E-state index contributed by atoms with van der Waals surface area (Å²) in [7, 11) is 0. The summed E-state index contributed by atoms with van der Waals surface area (Å²) in [6.45, 7) is 3.60. The number of nitrogens with one attached hydrogen (secondary N) is 1. The molecule has 3 aromatic rings. The van der Waals surface area contributed by atoms with Crippen molar-refractivity contribution in [3.05, 3.63) is 65.0 Å². The number of hydrogen-bond donors (Lipinski definition) is 1. The van der Waals surface area contributed by atoms with Gasteiger partial charge in [-0.25, -0.2) is 0 Å². The van der Waals surface area contributed by atoms with Crippen LogP contribution in [-0.4, -0.2) is 39.4 Å². The van der Waals surface area contributed by atoms with Gasteiger partial charge in [-0.3, -0.25) is 0 Å². The average molecular weight is 439 g/mol. The van der Waals surface area contributed by atoms with Crippen molar-refractivity contribution in [3.63, 3.8) is 0 Å². The van der Waals surface area contributed by atoms with Crippen LogP contribution < -0.4 is 5.32 Å². The second-order valence-electron chi connectivity index (χ2n) is 7.44. The maximum Gasteiger partial charge on any atom is 0.258 e. The molecule has 2 aliphatic rings. The molecule has 0 amide bonds. The number of hydrogen-bond acceptors (Lipinski definition) is 6. The molecule has 0 aliphatic carbocycles. The normalized spacial score (nSPS) is 21.9. The van der Waals surface area contributed by atoms with Gasteiger partial charge in [0.1, 0.15) is 0 Å². The molecule has 2 atom stereocenters. The van der Waals surface area contributed by atoms with Crippen molar-refractivity contribution in [1.29, 1.82) is 0 Å². The minimum atomic E-state index is -0.156. The predicted molar refractivity (Wildman–Crippen MR) is 121 cm³/mol. The molecule has 154 valence electrons. The quantitative estimate of drug-likeness (QED) is 0.582. The zero-order valence-corrected chi connectivity index (χ0v) is 18.2. The summed E-state index contributed by atoms with van der Waals surface area (Å²) >= 11 is 7.34. The lowest BCUT2D eigenvalue weighted by Crippen LogP contribution is -2.48. The van der Waals surface area contributed by atoms with Gasteiger partial charge in [0.25, 0.3) is 5.89 Å². The molecular weight excluding hydrogens is 416 g/mol. The number of thiocarbonyl (C=S) groups is 1. The standard InChI is InChI=1S/C22H22N4O2S2/c1-14-18(21-24-20(25-28-21)17-10-6-12-30-17)19(15-7-3-2-4-8-15)23-22(29)26(14)13-16-9-5-11-27-16/h2-4,6-8,10,12,16,19H,5,9,11,13H2,1H3,(H,23,29). The number of ether oxygens (including phenoxy) is 1. The van der Waals surface area contributed by atoms with Crippen molar-refractivity contribution in [2.75, 3.05) is 13.2 Å². The Kier molecular flexibility index (Phi) is 5.37. The van der Waals surface area contributed by atoms with Crippen LogP contribution in [-0.2, 0) is 4.74 Å². The third kappa shape index (κ3) is 3.66. The molecule has 2 aromatic heterocycles. The van der Waals surface area contributed by atoms with Gasteiger partial charge in [-0.2, -0.15) is 4.98 Å². The molecule has 0 spiro atoms. The third-order valence-corrected chi connectivity index (χ3v) is 6.74. The van der Waals surface area contributed by atoms with Crippen LogP contribution in [0.2, 0.25) is 0 Å². The van der Waals surface area contributed by atoms with Crippen LogP contribution in [0.5, 0.6) is 0 Å². The molecule has 0 radical (unpaired) electrons. The zero-order valence-electron chi connectivity index (χ0n) is 16.6. The minimum Gasteiger partial charge on any atom is -0.376 e. The van der Waals surface area contributed by atoms with Gasteiger partial charge in [0.15, 0.2) is 5.11 Å². The van der Waals surface area contributed by atoms with Crippen LogP contribution in [0.3, 0.4) is 0 Å². The molecule has 30 heavy (non-hydrogen) atoms. The van der Waals surface area contributed by atoms with Gasteiger partial charge in [0.2, 0.25) is 5.82 Å². The first-order valence-electron chi connectivity index (χ1n) is 10.0. The monoisotopic (exact) mass is 438 g/mol. The Morgan fingerprint density at radius 2 is 2.10 bits per heavy atom. The van der Waals surface area contributed by atoms with Gasteiger partial charge in [-0.05, 0) is 49.0 Å².